The van der Waals surface area contributed by atoms with E-state index in [2.05, 4.69) is 0 Å². The van der Waals surface area contributed by atoms with Crippen LogP contribution in [-0.2, 0) is 6.54 Å². The van der Waals surface area contributed by atoms with Crippen molar-refractivity contribution in [1.82, 2.24) is 4.57 Å². The molecule has 4 nitrogen and oxygen atoms in total. The Bertz CT molecular complexity index is 1080. The van der Waals surface area contributed by atoms with Gasteiger partial charge in [-0.1, -0.05) is 30.3 Å². The third kappa shape index (κ3) is 2.93. The minimum Gasteiger partial charge on any atom is -0.508 e. The number of aromatic hydroxyl groups is 2. The third-order valence-electron chi connectivity index (χ3n) is 4.47. The second-order valence-electron chi connectivity index (χ2n) is 6.20. The van der Waals surface area contributed by atoms with Gasteiger partial charge in [-0.2, -0.15) is 0 Å². The Morgan fingerprint density at radius 2 is 1.42 bits per heavy atom. The summed E-state index contributed by atoms with van der Waals surface area (Å²) in [5.41, 5.74) is 3.53. The van der Waals surface area contributed by atoms with Crippen LogP contribution in [0.15, 0.2) is 79.0 Å². The largest absolute Gasteiger partial charge is 0.508 e. The van der Waals surface area contributed by atoms with Crippen molar-refractivity contribution in [2.24, 2.45) is 0 Å². The topological polar surface area (TPSA) is 62.5 Å². The maximum Gasteiger partial charge on any atom is 0.182 e. The molecule has 0 aliphatic heterocycles. The number of nitrogens with zero attached hydrogens (tertiary/aromatic N) is 1. The van der Waals surface area contributed by atoms with Crippen LogP contribution in [0.4, 0.5) is 0 Å². The second kappa shape index (κ2) is 6.41. The molecule has 1 aromatic heterocycles. The number of benzene rings is 3. The van der Waals surface area contributed by atoms with E-state index in [-0.39, 0.29) is 23.8 Å². The number of rotatable bonds is 4. The lowest BCUT2D eigenvalue weighted by atomic mass is 10.0. The molecule has 0 unspecified atom stereocenters. The van der Waals surface area contributed by atoms with E-state index in [1.54, 1.807) is 24.3 Å². The highest BCUT2D eigenvalue weighted by Crippen LogP contribution is 2.31. The molecule has 0 radical (unpaired) electrons. The van der Waals surface area contributed by atoms with Gasteiger partial charge in [-0.15, -0.1) is 0 Å². The summed E-state index contributed by atoms with van der Waals surface area (Å²) in [6.07, 6.45) is 1.97. The Balaban J connectivity index is 1.75. The highest BCUT2D eigenvalue weighted by molar-refractivity contribution is 6.00. The Hall–Kier alpha value is -3.53. The molecule has 0 bridgehead atoms. The highest BCUT2D eigenvalue weighted by atomic mass is 16.3. The van der Waals surface area contributed by atoms with E-state index in [1.165, 1.54) is 12.1 Å². The van der Waals surface area contributed by atoms with Gasteiger partial charge in [-0.3, -0.25) is 4.79 Å². The quantitative estimate of drug-likeness (QED) is 0.532. The van der Waals surface area contributed by atoms with Gasteiger partial charge >= 0.3 is 0 Å². The molecule has 0 amide bonds. The average molecular weight is 343 g/mol. The molecule has 0 aliphatic rings. The first-order chi connectivity index (χ1) is 12.6. The maximum absolute atomic E-state index is 12.6. The lowest BCUT2D eigenvalue weighted by molar-refractivity contribution is 0.0973. The number of phenolic OH excluding ortho intramolecular Hbond substituents is 2. The van der Waals surface area contributed by atoms with E-state index < -0.39 is 0 Å². The number of carbonyl (C=O) groups is 1. The lowest BCUT2D eigenvalue weighted by Gasteiger charge is -2.05. The van der Waals surface area contributed by atoms with Gasteiger partial charge in [0, 0.05) is 28.2 Å². The molecule has 128 valence electrons. The van der Waals surface area contributed by atoms with Gasteiger partial charge in [0.1, 0.15) is 11.5 Å². The molecular weight excluding hydrogens is 326 g/mol. The van der Waals surface area contributed by atoms with Crippen LogP contribution >= 0.6 is 0 Å². The van der Waals surface area contributed by atoms with Crippen LogP contribution in [0.25, 0.3) is 22.0 Å². The number of ketones is 1. The van der Waals surface area contributed by atoms with Crippen LogP contribution in [0.1, 0.15) is 10.4 Å². The first-order valence-electron chi connectivity index (χ1n) is 8.31. The molecule has 4 aromatic rings. The minimum atomic E-state index is -0.0250. The molecule has 4 heteroatoms. The molecule has 3 aromatic carbocycles. The van der Waals surface area contributed by atoms with Crippen molar-refractivity contribution in [3.05, 3.63) is 84.6 Å². The fourth-order valence-electron chi connectivity index (χ4n) is 3.14. The van der Waals surface area contributed by atoms with Crippen molar-refractivity contribution in [2.75, 3.05) is 0 Å². The molecular formula is C22H17NO3. The van der Waals surface area contributed by atoms with Gasteiger partial charge in [0.05, 0.1) is 6.54 Å². The van der Waals surface area contributed by atoms with Crippen molar-refractivity contribution in [3.8, 4) is 22.6 Å². The van der Waals surface area contributed by atoms with Crippen molar-refractivity contribution in [2.45, 2.75) is 6.54 Å². The second-order valence-corrected chi connectivity index (χ2v) is 6.20. The monoisotopic (exact) mass is 343 g/mol. The van der Waals surface area contributed by atoms with E-state index in [0.717, 1.165) is 22.0 Å². The standard InChI is InChI=1S/C22H17NO3/c24-17-9-5-15(6-10-17)20-13-23(21-4-2-1-3-19(20)21)14-22(26)16-7-11-18(25)12-8-16/h1-13,24-25H,14H2. The van der Waals surface area contributed by atoms with Gasteiger partial charge < -0.3 is 14.8 Å². The van der Waals surface area contributed by atoms with Crippen molar-refractivity contribution in [3.63, 3.8) is 0 Å². The SMILES string of the molecule is O=C(Cn1cc(-c2ccc(O)cc2)c2ccccc21)c1ccc(O)cc1. The Morgan fingerprint density at radius 1 is 0.808 bits per heavy atom. The Labute approximate surface area is 150 Å². The molecule has 1 heterocycles. The van der Waals surface area contributed by atoms with Crippen LogP contribution in [0.2, 0.25) is 0 Å². The van der Waals surface area contributed by atoms with E-state index in [9.17, 15) is 15.0 Å². The molecule has 0 fully saturated rings. The fourth-order valence-corrected chi connectivity index (χ4v) is 3.14. The van der Waals surface area contributed by atoms with Gasteiger partial charge in [0.2, 0.25) is 0 Å². The van der Waals surface area contributed by atoms with E-state index >= 15 is 0 Å². The summed E-state index contributed by atoms with van der Waals surface area (Å²) in [6.45, 7) is 0.212. The molecule has 26 heavy (non-hydrogen) atoms. The smallest absolute Gasteiger partial charge is 0.182 e. The molecule has 0 atom stereocenters. The Kier molecular flexibility index (Phi) is 3.93. The number of fused-ring (bicyclic) bond motifs is 1. The summed E-state index contributed by atoms with van der Waals surface area (Å²) in [7, 11) is 0. The van der Waals surface area contributed by atoms with Crippen LogP contribution < -0.4 is 0 Å². The van der Waals surface area contributed by atoms with Crippen molar-refractivity contribution < 1.29 is 15.0 Å². The third-order valence-corrected chi connectivity index (χ3v) is 4.47. The maximum atomic E-state index is 12.6. The molecule has 0 spiro atoms. The highest BCUT2D eigenvalue weighted by Gasteiger charge is 2.13. The number of aromatic nitrogens is 1. The van der Waals surface area contributed by atoms with Crippen LogP contribution in [0.5, 0.6) is 11.5 Å². The summed E-state index contributed by atoms with van der Waals surface area (Å²) in [5, 5.41) is 20.0. The molecule has 4 rings (SSSR count). The zero-order chi connectivity index (χ0) is 18.1. The molecule has 0 aliphatic carbocycles. The minimum absolute atomic E-state index is 0.0250. The van der Waals surface area contributed by atoms with Crippen molar-refractivity contribution >= 4 is 16.7 Å². The summed E-state index contributed by atoms with van der Waals surface area (Å²) in [6, 6.07) is 21.3. The van der Waals surface area contributed by atoms with Gasteiger partial charge in [-0.25, -0.2) is 0 Å². The molecule has 2 N–H and O–H groups in total. The number of hydrogen-bond acceptors (Lipinski definition) is 3. The zero-order valence-corrected chi connectivity index (χ0v) is 14.0. The summed E-state index contributed by atoms with van der Waals surface area (Å²) in [4.78, 5) is 12.6. The molecule has 0 saturated heterocycles. The first kappa shape index (κ1) is 16.0. The number of para-hydroxylation sites is 1. The van der Waals surface area contributed by atoms with Gasteiger partial charge in [0.25, 0.3) is 0 Å². The summed E-state index contributed by atoms with van der Waals surface area (Å²) < 4.78 is 1.94. The van der Waals surface area contributed by atoms with E-state index in [4.69, 9.17) is 0 Å². The van der Waals surface area contributed by atoms with Gasteiger partial charge in [-0.05, 0) is 48.0 Å². The van der Waals surface area contributed by atoms with E-state index in [1.807, 2.05) is 47.2 Å². The van der Waals surface area contributed by atoms with E-state index in [0.29, 0.717) is 5.56 Å². The number of Topliss-reactive ketones (excluding diaryl/α,β-unsaturated/α-hetero) is 1. The lowest BCUT2D eigenvalue weighted by Crippen LogP contribution is -2.09. The average Bonchev–Trinajstić information content (AvgIpc) is 3.02. The zero-order valence-electron chi connectivity index (χ0n) is 14.0. The Morgan fingerprint density at radius 3 is 2.12 bits per heavy atom. The summed E-state index contributed by atoms with van der Waals surface area (Å²) >= 11 is 0. The normalized spacial score (nSPS) is 10.9. The number of phenols is 2. The van der Waals surface area contributed by atoms with Crippen LogP contribution in [-0.4, -0.2) is 20.6 Å². The van der Waals surface area contributed by atoms with Crippen LogP contribution in [0, 0.1) is 0 Å². The first-order valence-corrected chi connectivity index (χ1v) is 8.31. The summed E-state index contributed by atoms with van der Waals surface area (Å²) in [5.74, 6) is 0.339. The fraction of sp³-hybridized carbons (Fsp3) is 0.0455. The van der Waals surface area contributed by atoms with Crippen molar-refractivity contribution in [1.29, 1.82) is 0 Å². The molecule has 0 saturated carbocycles. The number of carbonyl (C=O) groups excluding carboxylic acids is 1. The predicted molar refractivity (Wildman–Crippen MR) is 101 cm³/mol. The number of hydrogen-bond donors (Lipinski definition) is 2. The predicted octanol–water partition coefficient (Wildman–Crippen LogP) is 4.60. The van der Waals surface area contributed by atoms with Crippen LogP contribution in [0.3, 0.4) is 0 Å². The van der Waals surface area contributed by atoms with Gasteiger partial charge in [0.15, 0.2) is 5.78 Å².